The van der Waals surface area contributed by atoms with E-state index in [1.165, 1.54) is 0 Å². The Morgan fingerprint density at radius 1 is 1.38 bits per heavy atom. The predicted molar refractivity (Wildman–Crippen MR) is 64.8 cm³/mol. The molecule has 0 aliphatic heterocycles. The van der Waals surface area contributed by atoms with Crippen LogP contribution in [0.5, 0.6) is 0 Å². The Morgan fingerprint density at radius 3 is 2.38 bits per heavy atom. The molecule has 0 fully saturated rings. The summed E-state index contributed by atoms with van der Waals surface area (Å²) in [6.07, 6.45) is 0. The van der Waals surface area contributed by atoms with Gasteiger partial charge in [0.2, 0.25) is 0 Å². The summed E-state index contributed by atoms with van der Waals surface area (Å²) in [6.45, 7) is 4.95. The Morgan fingerprint density at radius 2 is 1.94 bits per heavy atom. The van der Waals surface area contributed by atoms with Crippen LogP contribution in [0.25, 0.3) is 0 Å². The third kappa shape index (κ3) is 2.97. The maximum atomic E-state index is 10.8. The summed E-state index contributed by atoms with van der Waals surface area (Å²) < 4.78 is 0. The summed E-state index contributed by atoms with van der Waals surface area (Å²) in [7, 11) is 0. The van der Waals surface area contributed by atoms with Crippen LogP contribution in [0.3, 0.4) is 0 Å². The topological polar surface area (TPSA) is 66.6 Å². The molecule has 0 spiro atoms. The zero-order valence-electron chi connectivity index (χ0n) is 9.73. The number of aliphatic carboxylic acids is 1. The minimum Gasteiger partial charge on any atom is -0.480 e. The van der Waals surface area contributed by atoms with Gasteiger partial charge in [-0.05, 0) is 25.0 Å². The molecular weight excluding hydrogens is 204 g/mol. The maximum Gasteiger partial charge on any atom is 0.323 e. The number of aryl methyl sites for hydroxylation is 2. The first-order valence-corrected chi connectivity index (χ1v) is 5.29. The van der Waals surface area contributed by atoms with Crippen LogP contribution in [0, 0.1) is 13.8 Å². The summed E-state index contributed by atoms with van der Waals surface area (Å²) in [5.41, 5.74) is 8.65. The Labute approximate surface area is 95.7 Å². The highest BCUT2D eigenvalue weighted by Gasteiger charge is 2.13. The van der Waals surface area contributed by atoms with E-state index in [0.29, 0.717) is 13.1 Å². The minimum atomic E-state index is -0.837. The van der Waals surface area contributed by atoms with Gasteiger partial charge in [-0.3, -0.25) is 4.79 Å². The molecule has 3 N–H and O–H groups in total. The molecule has 0 unspecified atom stereocenters. The van der Waals surface area contributed by atoms with Gasteiger partial charge in [0.15, 0.2) is 0 Å². The van der Waals surface area contributed by atoms with Crippen molar-refractivity contribution in [3.63, 3.8) is 0 Å². The lowest BCUT2D eigenvalue weighted by Gasteiger charge is -2.25. The van der Waals surface area contributed by atoms with Gasteiger partial charge >= 0.3 is 5.97 Å². The molecule has 0 heterocycles. The van der Waals surface area contributed by atoms with Crippen molar-refractivity contribution in [2.24, 2.45) is 5.73 Å². The molecule has 0 aliphatic carbocycles. The number of carboxylic acids is 1. The zero-order valence-corrected chi connectivity index (χ0v) is 9.73. The standard InChI is InChI=1S/C12H18N2O2/c1-9-4-3-5-10(2)12(9)14(7-6-13)8-11(15)16/h3-5H,6-8,13H2,1-2H3,(H,15,16). The van der Waals surface area contributed by atoms with E-state index >= 15 is 0 Å². The van der Waals surface area contributed by atoms with Gasteiger partial charge in [-0.1, -0.05) is 18.2 Å². The van der Waals surface area contributed by atoms with Crippen molar-refractivity contribution in [1.29, 1.82) is 0 Å². The number of carboxylic acid groups (broad SMARTS) is 1. The first-order chi connectivity index (χ1) is 7.56. The van der Waals surface area contributed by atoms with Crippen LogP contribution in [-0.2, 0) is 4.79 Å². The molecule has 0 bridgehead atoms. The summed E-state index contributed by atoms with van der Waals surface area (Å²) >= 11 is 0. The van der Waals surface area contributed by atoms with Crippen LogP contribution >= 0.6 is 0 Å². The van der Waals surface area contributed by atoms with E-state index in [2.05, 4.69) is 0 Å². The number of para-hydroxylation sites is 1. The molecule has 1 aromatic carbocycles. The molecule has 1 aromatic rings. The molecule has 0 saturated carbocycles. The molecule has 4 heteroatoms. The van der Waals surface area contributed by atoms with Crippen LogP contribution < -0.4 is 10.6 Å². The number of hydrogen-bond acceptors (Lipinski definition) is 3. The maximum absolute atomic E-state index is 10.8. The highest BCUT2D eigenvalue weighted by atomic mass is 16.4. The van der Waals surface area contributed by atoms with Gasteiger partial charge in [-0.2, -0.15) is 0 Å². The van der Waals surface area contributed by atoms with Crippen molar-refractivity contribution in [1.82, 2.24) is 0 Å². The molecule has 1 rings (SSSR count). The summed E-state index contributed by atoms with van der Waals surface area (Å²) in [6, 6.07) is 5.93. The molecular formula is C12H18N2O2. The number of rotatable bonds is 5. The fraction of sp³-hybridized carbons (Fsp3) is 0.417. The number of carbonyl (C=O) groups is 1. The quantitative estimate of drug-likeness (QED) is 0.784. The monoisotopic (exact) mass is 222 g/mol. The fourth-order valence-corrected chi connectivity index (χ4v) is 1.89. The molecule has 0 atom stereocenters. The average molecular weight is 222 g/mol. The van der Waals surface area contributed by atoms with Gasteiger partial charge in [0.1, 0.15) is 6.54 Å². The Bertz CT molecular complexity index is 357. The van der Waals surface area contributed by atoms with E-state index in [4.69, 9.17) is 10.8 Å². The lowest BCUT2D eigenvalue weighted by molar-refractivity contribution is -0.135. The van der Waals surface area contributed by atoms with Crippen molar-refractivity contribution in [3.05, 3.63) is 29.3 Å². The molecule has 0 aromatic heterocycles. The fourth-order valence-electron chi connectivity index (χ4n) is 1.89. The lowest BCUT2D eigenvalue weighted by atomic mass is 10.1. The van der Waals surface area contributed by atoms with E-state index in [1.54, 1.807) is 0 Å². The average Bonchev–Trinajstić information content (AvgIpc) is 2.16. The van der Waals surface area contributed by atoms with Crippen LogP contribution in [0.2, 0.25) is 0 Å². The van der Waals surface area contributed by atoms with Gasteiger partial charge < -0.3 is 15.7 Å². The van der Waals surface area contributed by atoms with Crippen molar-refractivity contribution in [3.8, 4) is 0 Å². The van der Waals surface area contributed by atoms with E-state index in [1.807, 2.05) is 36.9 Å². The second-order valence-electron chi connectivity index (χ2n) is 3.84. The van der Waals surface area contributed by atoms with E-state index in [9.17, 15) is 4.79 Å². The van der Waals surface area contributed by atoms with Gasteiger partial charge in [0.25, 0.3) is 0 Å². The first-order valence-electron chi connectivity index (χ1n) is 5.29. The lowest BCUT2D eigenvalue weighted by Crippen LogP contribution is -2.35. The largest absolute Gasteiger partial charge is 0.480 e. The van der Waals surface area contributed by atoms with Gasteiger partial charge in [-0.25, -0.2) is 0 Å². The number of nitrogens with two attached hydrogens (primary N) is 1. The molecule has 0 saturated heterocycles. The van der Waals surface area contributed by atoms with E-state index in [-0.39, 0.29) is 6.54 Å². The van der Waals surface area contributed by atoms with E-state index in [0.717, 1.165) is 16.8 Å². The van der Waals surface area contributed by atoms with Crippen molar-refractivity contribution < 1.29 is 9.90 Å². The van der Waals surface area contributed by atoms with Gasteiger partial charge in [0, 0.05) is 18.8 Å². The van der Waals surface area contributed by atoms with Crippen molar-refractivity contribution in [2.75, 3.05) is 24.5 Å². The molecule has 0 radical (unpaired) electrons. The number of nitrogens with zero attached hydrogens (tertiary/aromatic N) is 1. The van der Waals surface area contributed by atoms with Gasteiger partial charge in [-0.15, -0.1) is 0 Å². The smallest absolute Gasteiger partial charge is 0.323 e. The molecule has 0 amide bonds. The highest BCUT2D eigenvalue weighted by molar-refractivity contribution is 5.75. The Kier molecular flexibility index (Phi) is 4.31. The Balaban J connectivity index is 3.04. The molecule has 16 heavy (non-hydrogen) atoms. The second-order valence-corrected chi connectivity index (χ2v) is 3.84. The number of anilines is 1. The third-order valence-electron chi connectivity index (χ3n) is 2.48. The van der Waals surface area contributed by atoms with Crippen LogP contribution in [0.1, 0.15) is 11.1 Å². The minimum absolute atomic E-state index is 0.0110. The second kappa shape index (κ2) is 5.51. The normalized spacial score (nSPS) is 10.2. The molecule has 0 aliphatic rings. The molecule has 4 nitrogen and oxygen atoms in total. The Hall–Kier alpha value is -1.55. The first kappa shape index (κ1) is 12.5. The van der Waals surface area contributed by atoms with E-state index < -0.39 is 5.97 Å². The van der Waals surface area contributed by atoms with Crippen LogP contribution in [0.15, 0.2) is 18.2 Å². The molecule has 88 valence electrons. The van der Waals surface area contributed by atoms with Crippen molar-refractivity contribution >= 4 is 11.7 Å². The number of hydrogen-bond donors (Lipinski definition) is 2. The third-order valence-corrected chi connectivity index (χ3v) is 2.48. The zero-order chi connectivity index (χ0) is 12.1. The number of benzene rings is 1. The van der Waals surface area contributed by atoms with Gasteiger partial charge in [0.05, 0.1) is 0 Å². The van der Waals surface area contributed by atoms with Crippen molar-refractivity contribution in [2.45, 2.75) is 13.8 Å². The van der Waals surface area contributed by atoms with Crippen LogP contribution in [-0.4, -0.2) is 30.7 Å². The summed E-state index contributed by atoms with van der Waals surface area (Å²) in [4.78, 5) is 12.6. The summed E-state index contributed by atoms with van der Waals surface area (Å²) in [5, 5.41) is 8.87. The highest BCUT2D eigenvalue weighted by Crippen LogP contribution is 2.23. The SMILES string of the molecule is Cc1cccc(C)c1N(CCN)CC(=O)O. The predicted octanol–water partition coefficient (Wildman–Crippen LogP) is 1.15. The van der Waals surface area contributed by atoms with Crippen LogP contribution in [0.4, 0.5) is 5.69 Å². The summed E-state index contributed by atoms with van der Waals surface area (Å²) in [5.74, 6) is -0.837.